The third-order valence-corrected chi connectivity index (χ3v) is 3.94. The second-order valence-corrected chi connectivity index (χ2v) is 5.74. The highest BCUT2D eigenvalue weighted by Gasteiger charge is 2.26. The van der Waals surface area contributed by atoms with E-state index < -0.39 is 11.8 Å². The number of benzene rings is 2. The monoisotopic (exact) mass is 372 g/mol. The summed E-state index contributed by atoms with van der Waals surface area (Å²) in [5, 5.41) is 0.513. The minimum atomic E-state index is -0.750. The molecule has 2 aromatic carbocycles. The molecule has 132 valence electrons. The number of aromatic nitrogens is 2. The quantitative estimate of drug-likeness (QED) is 0.494. The fourth-order valence-corrected chi connectivity index (χ4v) is 2.69. The third-order valence-electron chi connectivity index (χ3n) is 3.69. The first-order valence-corrected chi connectivity index (χ1v) is 8.20. The second kappa shape index (κ2) is 7.49. The zero-order chi connectivity index (χ0) is 18.7. The fourth-order valence-electron chi connectivity index (χ4n) is 2.56. The average molecular weight is 373 g/mol. The zero-order valence-electron chi connectivity index (χ0n) is 13.8. The van der Waals surface area contributed by atoms with E-state index >= 15 is 0 Å². The summed E-state index contributed by atoms with van der Waals surface area (Å²) in [6, 6.07) is 12.5. The number of aldehydes is 1. The summed E-state index contributed by atoms with van der Waals surface area (Å²) in [6.07, 6.45) is 0.463. The summed E-state index contributed by atoms with van der Waals surface area (Å²) >= 11 is 5.92. The normalized spacial score (nSPS) is 10.6. The van der Waals surface area contributed by atoms with Gasteiger partial charge in [-0.15, -0.1) is 0 Å². The summed E-state index contributed by atoms with van der Waals surface area (Å²) in [5.41, 5.74) is 0.410. The molecular formula is C19H14ClFN2O3. The zero-order valence-corrected chi connectivity index (χ0v) is 14.5. The van der Waals surface area contributed by atoms with Gasteiger partial charge in [-0.3, -0.25) is 9.36 Å². The van der Waals surface area contributed by atoms with Gasteiger partial charge in [0.25, 0.3) is 0 Å². The number of esters is 1. The molecule has 0 saturated heterocycles. The lowest BCUT2D eigenvalue weighted by Crippen LogP contribution is -2.10. The van der Waals surface area contributed by atoms with Crippen molar-refractivity contribution >= 4 is 23.9 Å². The predicted octanol–water partition coefficient (Wildman–Crippen LogP) is 4.32. The van der Waals surface area contributed by atoms with Crippen LogP contribution >= 0.6 is 11.6 Å². The molecule has 0 saturated carbocycles. The summed E-state index contributed by atoms with van der Waals surface area (Å²) in [6.45, 7) is 1.77. The molecule has 0 amide bonds. The van der Waals surface area contributed by atoms with Crippen LogP contribution in [0, 0.1) is 5.82 Å². The van der Waals surface area contributed by atoms with Gasteiger partial charge in [0, 0.05) is 10.6 Å². The molecule has 7 heteroatoms. The largest absolute Gasteiger partial charge is 0.461 e. The molecule has 3 aromatic rings. The third kappa shape index (κ3) is 3.23. The Labute approximate surface area is 154 Å². The fraction of sp³-hybridized carbons (Fsp3) is 0.105. The lowest BCUT2D eigenvalue weighted by atomic mass is 10.2. The van der Waals surface area contributed by atoms with Gasteiger partial charge in [-0.25, -0.2) is 14.2 Å². The molecular weight excluding hydrogens is 359 g/mol. The van der Waals surface area contributed by atoms with Crippen LogP contribution in [0.5, 0.6) is 0 Å². The van der Waals surface area contributed by atoms with Gasteiger partial charge >= 0.3 is 5.97 Å². The topological polar surface area (TPSA) is 61.2 Å². The number of carbonyl (C=O) groups excluding carboxylic acids is 2. The molecule has 0 spiro atoms. The van der Waals surface area contributed by atoms with Gasteiger partial charge in [0.05, 0.1) is 12.3 Å². The van der Waals surface area contributed by atoms with Crippen LogP contribution in [0.15, 0.2) is 48.5 Å². The van der Waals surface area contributed by atoms with Gasteiger partial charge in [0.1, 0.15) is 17.3 Å². The highest BCUT2D eigenvalue weighted by molar-refractivity contribution is 6.30. The molecule has 5 nitrogen and oxygen atoms in total. The van der Waals surface area contributed by atoms with Crippen LogP contribution in [-0.2, 0) is 4.74 Å². The number of para-hydroxylation sites is 1. The molecule has 0 unspecified atom stereocenters. The Kier molecular flexibility index (Phi) is 5.14. The summed E-state index contributed by atoms with van der Waals surface area (Å²) in [5.74, 6) is -1.07. The highest BCUT2D eigenvalue weighted by Crippen LogP contribution is 2.28. The molecule has 1 heterocycles. The highest BCUT2D eigenvalue weighted by atomic mass is 35.5. The van der Waals surface area contributed by atoms with Crippen molar-refractivity contribution < 1.29 is 18.7 Å². The van der Waals surface area contributed by atoms with E-state index in [9.17, 15) is 14.0 Å². The lowest BCUT2D eigenvalue weighted by molar-refractivity contribution is 0.0518. The van der Waals surface area contributed by atoms with Gasteiger partial charge in [0.15, 0.2) is 12.0 Å². The minimum absolute atomic E-state index is 0.0847. The van der Waals surface area contributed by atoms with Crippen molar-refractivity contribution in [2.24, 2.45) is 0 Å². The van der Waals surface area contributed by atoms with Crippen LogP contribution in [0.3, 0.4) is 0 Å². The van der Waals surface area contributed by atoms with Crippen molar-refractivity contribution in [2.45, 2.75) is 6.92 Å². The molecule has 0 aliphatic carbocycles. The molecule has 0 atom stereocenters. The Balaban J connectivity index is 2.31. The number of carbonyl (C=O) groups is 2. The van der Waals surface area contributed by atoms with Crippen LogP contribution in [-0.4, -0.2) is 28.4 Å². The molecule has 0 aliphatic heterocycles. The molecule has 0 bridgehead atoms. The Hall–Kier alpha value is -2.99. The molecule has 0 N–H and O–H groups in total. The lowest BCUT2D eigenvalue weighted by Gasteiger charge is -2.11. The van der Waals surface area contributed by atoms with E-state index in [1.807, 2.05) is 0 Å². The maximum absolute atomic E-state index is 14.4. The van der Waals surface area contributed by atoms with E-state index in [0.29, 0.717) is 16.9 Å². The van der Waals surface area contributed by atoms with Crippen molar-refractivity contribution in [2.75, 3.05) is 6.61 Å². The van der Waals surface area contributed by atoms with Gasteiger partial charge in [-0.2, -0.15) is 0 Å². The number of imidazole rings is 1. The van der Waals surface area contributed by atoms with Crippen molar-refractivity contribution in [3.05, 3.63) is 70.8 Å². The Morgan fingerprint density at radius 2 is 1.92 bits per heavy atom. The van der Waals surface area contributed by atoms with Gasteiger partial charge in [0.2, 0.25) is 0 Å². The summed E-state index contributed by atoms with van der Waals surface area (Å²) in [4.78, 5) is 28.2. The second-order valence-electron chi connectivity index (χ2n) is 5.30. The SMILES string of the molecule is CCOC(=O)c1nc(-c2ccc(Cl)cc2)n(-c2ccccc2F)c1C=O. The van der Waals surface area contributed by atoms with Crippen LogP contribution in [0.2, 0.25) is 5.02 Å². The molecule has 0 fully saturated rings. The van der Waals surface area contributed by atoms with Gasteiger partial charge < -0.3 is 4.74 Å². The number of hydrogen-bond donors (Lipinski definition) is 0. The maximum Gasteiger partial charge on any atom is 0.359 e. The van der Waals surface area contributed by atoms with E-state index in [2.05, 4.69) is 4.98 Å². The van der Waals surface area contributed by atoms with Crippen LogP contribution in [0.4, 0.5) is 4.39 Å². The number of nitrogens with zero attached hydrogens (tertiary/aromatic N) is 2. The first kappa shape index (κ1) is 17.8. The number of halogens is 2. The van der Waals surface area contributed by atoms with E-state index in [1.54, 1.807) is 37.3 Å². The van der Waals surface area contributed by atoms with Crippen molar-refractivity contribution in [1.29, 1.82) is 0 Å². The first-order valence-electron chi connectivity index (χ1n) is 7.82. The summed E-state index contributed by atoms with van der Waals surface area (Å²) in [7, 11) is 0. The van der Waals surface area contributed by atoms with Crippen molar-refractivity contribution in [1.82, 2.24) is 9.55 Å². The van der Waals surface area contributed by atoms with E-state index in [0.717, 1.165) is 0 Å². The Morgan fingerprint density at radius 1 is 1.23 bits per heavy atom. The minimum Gasteiger partial charge on any atom is -0.461 e. The van der Waals surface area contributed by atoms with Gasteiger partial charge in [-0.05, 0) is 43.3 Å². The Morgan fingerprint density at radius 3 is 2.54 bits per heavy atom. The van der Waals surface area contributed by atoms with Crippen LogP contribution in [0.25, 0.3) is 17.1 Å². The van der Waals surface area contributed by atoms with Crippen molar-refractivity contribution in [3.63, 3.8) is 0 Å². The average Bonchev–Trinajstić information content (AvgIpc) is 3.02. The van der Waals surface area contributed by atoms with E-state index in [-0.39, 0.29) is 29.5 Å². The van der Waals surface area contributed by atoms with Gasteiger partial charge in [-0.1, -0.05) is 23.7 Å². The standard InChI is InChI=1S/C19H14ClFN2O3/c1-2-26-19(25)17-16(11-24)23(15-6-4-3-5-14(15)21)18(22-17)12-7-9-13(20)10-8-12/h3-11H,2H2,1H3. The number of hydrogen-bond acceptors (Lipinski definition) is 4. The van der Waals surface area contributed by atoms with Crippen LogP contribution < -0.4 is 0 Å². The van der Waals surface area contributed by atoms with E-state index in [4.69, 9.17) is 16.3 Å². The molecule has 0 aliphatic rings. The first-order chi connectivity index (χ1) is 12.6. The number of ether oxygens (including phenoxy) is 1. The number of rotatable bonds is 5. The molecule has 26 heavy (non-hydrogen) atoms. The smallest absolute Gasteiger partial charge is 0.359 e. The van der Waals surface area contributed by atoms with Crippen LogP contribution in [0.1, 0.15) is 27.9 Å². The summed E-state index contributed by atoms with van der Waals surface area (Å²) < 4.78 is 20.7. The van der Waals surface area contributed by atoms with E-state index in [1.165, 1.54) is 22.8 Å². The molecule has 0 radical (unpaired) electrons. The molecule has 1 aromatic heterocycles. The van der Waals surface area contributed by atoms with Crippen molar-refractivity contribution in [3.8, 4) is 17.1 Å². The Bertz CT molecular complexity index is 967. The predicted molar refractivity (Wildman–Crippen MR) is 95.3 cm³/mol. The molecule has 3 rings (SSSR count). The maximum atomic E-state index is 14.4.